The molecule has 0 fully saturated rings. The summed E-state index contributed by atoms with van der Waals surface area (Å²) in [4.78, 5) is 15.7. The van der Waals surface area contributed by atoms with Crippen LogP contribution in [0.5, 0.6) is 0 Å². The van der Waals surface area contributed by atoms with Crippen LogP contribution < -0.4 is 5.48 Å². The number of nitrogens with one attached hydrogen (secondary N) is 1. The molecule has 0 aromatic heterocycles. The highest BCUT2D eigenvalue weighted by Gasteiger charge is 2.05. The van der Waals surface area contributed by atoms with Crippen LogP contribution in [0.4, 0.5) is 0 Å². The second kappa shape index (κ2) is 7.31. The molecular weight excluding hydrogens is 222 g/mol. The Balaban J connectivity index is 0. The number of rotatable bonds is 3. The molecule has 0 unspecified atom stereocenters. The predicted molar refractivity (Wildman–Crippen MR) is 54.1 cm³/mol. The van der Waals surface area contributed by atoms with Crippen molar-refractivity contribution in [2.75, 3.05) is 6.54 Å². The maximum atomic E-state index is 11.0. The average Bonchev–Trinajstić information content (AvgIpc) is 1.98. The van der Waals surface area contributed by atoms with Gasteiger partial charge in [-0.25, -0.2) is 4.79 Å². The largest absolute Gasteiger partial charge is 0.367 e. The van der Waals surface area contributed by atoms with Crippen molar-refractivity contribution >= 4 is 23.0 Å². The second-order valence-corrected chi connectivity index (χ2v) is 2.51. The highest BCUT2D eigenvalue weighted by molar-refractivity contribution is 8.93. The van der Waals surface area contributed by atoms with Crippen LogP contribution in [0, 0.1) is 0 Å². The van der Waals surface area contributed by atoms with Gasteiger partial charge >= 0.3 is 5.97 Å². The van der Waals surface area contributed by atoms with Gasteiger partial charge in [0, 0.05) is 12.1 Å². The molecule has 12 heavy (non-hydrogen) atoms. The van der Waals surface area contributed by atoms with E-state index in [0.717, 1.165) is 5.57 Å². The van der Waals surface area contributed by atoms with E-state index in [1.807, 2.05) is 20.8 Å². The maximum absolute atomic E-state index is 11.0. The quantitative estimate of drug-likeness (QED) is 0.603. The molecule has 72 valence electrons. The van der Waals surface area contributed by atoms with Gasteiger partial charge in [0.05, 0.1) is 0 Å². The first-order chi connectivity index (χ1) is 5.09. The SMILES string of the molecule is Br.CCNOC(=O)C(C)=C(C)C. The van der Waals surface area contributed by atoms with E-state index in [1.54, 1.807) is 6.92 Å². The summed E-state index contributed by atoms with van der Waals surface area (Å²) in [5.74, 6) is -0.299. The summed E-state index contributed by atoms with van der Waals surface area (Å²) < 4.78 is 0. The van der Waals surface area contributed by atoms with Crippen LogP contribution in [0.1, 0.15) is 27.7 Å². The topological polar surface area (TPSA) is 38.3 Å². The van der Waals surface area contributed by atoms with Crippen LogP contribution in [-0.4, -0.2) is 12.5 Å². The molecular formula is C8H16BrNO2. The zero-order valence-electron chi connectivity index (χ0n) is 7.93. The number of allylic oxidation sites excluding steroid dienone is 1. The molecule has 0 aromatic rings. The summed E-state index contributed by atoms with van der Waals surface area (Å²) in [7, 11) is 0. The number of halogens is 1. The van der Waals surface area contributed by atoms with E-state index in [4.69, 9.17) is 0 Å². The predicted octanol–water partition coefficient (Wildman–Crippen LogP) is 1.99. The Hall–Kier alpha value is -0.350. The van der Waals surface area contributed by atoms with Crippen molar-refractivity contribution < 1.29 is 9.63 Å². The normalized spacial score (nSPS) is 8.33. The Morgan fingerprint density at radius 1 is 1.33 bits per heavy atom. The fourth-order valence-corrected chi connectivity index (χ4v) is 0.418. The fourth-order valence-electron chi connectivity index (χ4n) is 0.418. The molecule has 0 aliphatic carbocycles. The van der Waals surface area contributed by atoms with E-state index in [9.17, 15) is 4.79 Å². The van der Waals surface area contributed by atoms with Crippen molar-refractivity contribution in [2.45, 2.75) is 27.7 Å². The summed E-state index contributed by atoms with van der Waals surface area (Å²) in [6.07, 6.45) is 0. The third-order valence-electron chi connectivity index (χ3n) is 1.37. The van der Waals surface area contributed by atoms with Crippen LogP contribution in [0.2, 0.25) is 0 Å². The van der Waals surface area contributed by atoms with E-state index < -0.39 is 0 Å². The number of hydrogen-bond donors (Lipinski definition) is 1. The van der Waals surface area contributed by atoms with Crippen LogP contribution >= 0.6 is 17.0 Å². The average molecular weight is 238 g/mol. The van der Waals surface area contributed by atoms with Gasteiger partial charge in [-0.1, -0.05) is 5.57 Å². The first-order valence-corrected chi connectivity index (χ1v) is 3.67. The molecule has 1 N–H and O–H groups in total. The lowest BCUT2D eigenvalue weighted by atomic mass is 10.2. The first kappa shape index (κ1) is 14.2. The molecule has 0 atom stereocenters. The van der Waals surface area contributed by atoms with Crippen molar-refractivity contribution in [3.05, 3.63) is 11.1 Å². The molecule has 0 heterocycles. The summed E-state index contributed by atoms with van der Waals surface area (Å²) >= 11 is 0. The van der Waals surface area contributed by atoms with E-state index in [2.05, 4.69) is 10.3 Å². The Kier molecular flexibility index (Phi) is 8.64. The highest BCUT2D eigenvalue weighted by Crippen LogP contribution is 2.02. The molecule has 0 radical (unpaired) electrons. The van der Waals surface area contributed by atoms with Crippen molar-refractivity contribution in [1.29, 1.82) is 0 Å². The Bertz CT molecular complexity index is 174. The lowest BCUT2D eigenvalue weighted by Gasteiger charge is -2.03. The molecule has 0 bridgehead atoms. The van der Waals surface area contributed by atoms with Crippen LogP contribution in [0.15, 0.2) is 11.1 Å². The minimum Gasteiger partial charge on any atom is -0.367 e. The highest BCUT2D eigenvalue weighted by atomic mass is 79.9. The lowest BCUT2D eigenvalue weighted by molar-refractivity contribution is -0.146. The summed E-state index contributed by atoms with van der Waals surface area (Å²) in [5, 5.41) is 0. The molecule has 0 aliphatic rings. The van der Waals surface area contributed by atoms with Crippen molar-refractivity contribution in [2.24, 2.45) is 0 Å². The second-order valence-electron chi connectivity index (χ2n) is 2.51. The lowest BCUT2D eigenvalue weighted by Crippen LogP contribution is -2.20. The number of hydroxylamine groups is 1. The summed E-state index contributed by atoms with van der Waals surface area (Å²) in [6.45, 7) is 7.99. The molecule has 0 spiro atoms. The third kappa shape index (κ3) is 5.32. The molecule has 3 nitrogen and oxygen atoms in total. The van der Waals surface area contributed by atoms with Crippen LogP contribution in [0.25, 0.3) is 0 Å². The van der Waals surface area contributed by atoms with E-state index in [0.29, 0.717) is 12.1 Å². The monoisotopic (exact) mass is 237 g/mol. The zero-order chi connectivity index (χ0) is 8.85. The molecule has 0 saturated heterocycles. The van der Waals surface area contributed by atoms with Crippen molar-refractivity contribution in [1.82, 2.24) is 5.48 Å². The zero-order valence-corrected chi connectivity index (χ0v) is 9.64. The van der Waals surface area contributed by atoms with E-state index in [-0.39, 0.29) is 23.0 Å². The van der Waals surface area contributed by atoms with Crippen LogP contribution in [0.3, 0.4) is 0 Å². The van der Waals surface area contributed by atoms with Gasteiger partial charge in [0.15, 0.2) is 0 Å². The Labute approximate surface area is 83.9 Å². The number of carbonyl (C=O) groups excluding carboxylic acids is 1. The summed E-state index contributed by atoms with van der Waals surface area (Å²) in [5.41, 5.74) is 4.14. The smallest absolute Gasteiger partial charge is 0.352 e. The minimum absolute atomic E-state index is 0. The minimum atomic E-state index is -0.299. The first-order valence-electron chi connectivity index (χ1n) is 3.67. The van der Waals surface area contributed by atoms with E-state index >= 15 is 0 Å². The van der Waals surface area contributed by atoms with Gasteiger partial charge in [0.25, 0.3) is 0 Å². The van der Waals surface area contributed by atoms with Gasteiger partial charge in [-0.05, 0) is 27.7 Å². The standard InChI is InChI=1S/C8H15NO2.BrH/c1-5-9-11-8(10)7(4)6(2)3;/h9H,5H2,1-4H3;1H. The van der Waals surface area contributed by atoms with Crippen molar-refractivity contribution in [3.8, 4) is 0 Å². The number of carbonyl (C=O) groups is 1. The van der Waals surface area contributed by atoms with Crippen LogP contribution in [-0.2, 0) is 9.63 Å². The van der Waals surface area contributed by atoms with Gasteiger partial charge in [0.2, 0.25) is 0 Å². The maximum Gasteiger partial charge on any atom is 0.352 e. The molecule has 0 amide bonds. The third-order valence-corrected chi connectivity index (χ3v) is 1.37. The molecule has 0 saturated carbocycles. The van der Waals surface area contributed by atoms with Crippen molar-refractivity contribution in [3.63, 3.8) is 0 Å². The molecule has 4 heteroatoms. The molecule has 0 aromatic carbocycles. The Morgan fingerprint density at radius 3 is 2.17 bits per heavy atom. The number of hydrogen-bond acceptors (Lipinski definition) is 3. The van der Waals surface area contributed by atoms with Gasteiger partial charge < -0.3 is 4.84 Å². The van der Waals surface area contributed by atoms with Gasteiger partial charge in [-0.3, -0.25) is 0 Å². The van der Waals surface area contributed by atoms with Gasteiger partial charge in [-0.15, -0.1) is 17.0 Å². The van der Waals surface area contributed by atoms with Gasteiger partial charge in [0.1, 0.15) is 0 Å². The van der Waals surface area contributed by atoms with E-state index in [1.165, 1.54) is 0 Å². The fraction of sp³-hybridized carbons (Fsp3) is 0.625. The molecule has 0 aliphatic heterocycles. The Morgan fingerprint density at radius 2 is 1.83 bits per heavy atom. The molecule has 0 rings (SSSR count). The summed E-state index contributed by atoms with van der Waals surface area (Å²) in [6, 6.07) is 0. The van der Waals surface area contributed by atoms with Gasteiger partial charge in [-0.2, -0.15) is 5.48 Å².